The van der Waals surface area contributed by atoms with Crippen LogP contribution < -0.4 is 0 Å². The number of carbonyl (C=O) groups excluding carboxylic acids is 1. The third kappa shape index (κ3) is 3.65. The van der Waals surface area contributed by atoms with Crippen molar-refractivity contribution in [1.82, 2.24) is 30.2 Å². The predicted octanol–water partition coefficient (Wildman–Crippen LogP) is 3.19. The number of hydrogen-bond acceptors (Lipinski definition) is 7. The van der Waals surface area contributed by atoms with E-state index >= 15 is 0 Å². The van der Waals surface area contributed by atoms with Crippen LogP contribution in [0.3, 0.4) is 0 Å². The SMILES string of the molecule is O=Cc1ccc(-c2cn(Cc3ccc(-c4nnc(C(F)F)o4)cn3)nn2)cc1. The third-order valence-corrected chi connectivity index (χ3v) is 3.90. The number of rotatable bonds is 6. The first kappa shape index (κ1) is 17.6. The van der Waals surface area contributed by atoms with Crippen molar-refractivity contribution < 1.29 is 18.0 Å². The molecule has 0 aliphatic rings. The summed E-state index contributed by atoms with van der Waals surface area (Å²) in [4.78, 5) is 15.0. The van der Waals surface area contributed by atoms with Gasteiger partial charge in [-0.05, 0) is 12.1 Å². The van der Waals surface area contributed by atoms with E-state index in [1.165, 1.54) is 6.20 Å². The van der Waals surface area contributed by atoms with Crippen LogP contribution in [0.15, 0.2) is 53.2 Å². The standard InChI is InChI=1S/C18H12F2N6O2/c19-16(20)18-24-23-17(28-18)13-5-6-14(21-7-13)8-26-9-15(22-25-26)12-3-1-11(10-27)2-4-12/h1-7,9-10,16H,8H2. The van der Waals surface area contributed by atoms with Crippen molar-refractivity contribution in [3.63, 3.8) is 0 Å². The molecule has 3 heterocycles. The van der Waals surface area contributed by atoms with Crippen LogP contribution in [0.4, 0.5) is 8.78 Å². The smallest absolute Gasteiger partial charge is 0.314 e. The molecule has 3 aromatic heterocycles. The highest BCUT2D eigenvalue weighted by Crippen LogP contribution is 2.23. The van der Waals surface area contributed by atoms with E-state index in [0.29, 0.717) is 29.1 Å². The van der Waals surface area contributed by atoms with Crippen molar-refractivity contribution in [2.75, 3.05) is 0 Å². The number of carbonyl (C=O) groups is 1. The maximum atomic E-state index is 12.5. The average molecular weight is 382 g/mol. The van der Waals surface area contributed by atoms with E-state index in [1.807, 2.05) is 0 Å². The highest BCUT2D eigenvalue weighted by molar-refractivity contribution is 5.76. The van der Waals surface area contributed by atoms with Crippen LogP contribution in [0.5, 0.6) is 0 Å². The lowest BCUT2D eigenvalue weighted by Gasteiger charge is -2.01. The Morgan fingerprint density at radius 1 is 1.04 bits per heavy atom. The second-order valence-corrected chi connectivity index (χ2v) is 5.83. The Hall–Kier alpha value is -3.82. The van der Waals surface area contributed by atoms with Gasteiger partial charge in [-0.1, -0.05) is 29.5 Å². The highest BCUT2D eigenvalue weighted by atomic mass is 19.3. The summed E-state index contributed by atoms with van der Waals surface area (Å²) in [7, 11) is 0. The van der Waals surface area contributed by atoms with Gasteiger partial charge in [0.2, 0.25) is 5.89 Å². The topological polar surface area (TPSA) is 99.6 Å². The fourth-order valence-corrected chi connectivity index (χ4v) is 2.49. The Morgan fingerprint density at radius 2 is 1.82 bits per heavy atom. The number of benzene rings is 1. The van der Waals surface area contributed by atoms with Crippen LogP contribution in [0.1, 0.15) is 28.4 Å². The molecule has 10 heteroatoms. The van der Waals surface area contributed by atoms with E-state index < -0.39 is 12.3 Å². The fourth-order valence-electron chi connectivity index (χ4n) is 2.49. The summed E-state index contributed by atoms with van der Waals surface area (Å²) in [6, 6.07) is 10.4. The van der Waals surface area contributed by atoms with Crippen molar-refractivity contribution in [3.8, 4) is 22.7 Å². The molecule has 0 N–H and O–H groups in total. The van der Waals surface area contributed by atoms with Gasteiger partial charge in [-0.25, -0.2) is 4.68 Å². The van der Waals surface area contributed by atoms with Crippen molar-refractivity contribution in [3.05, 3.63) is 65.9 Å². The van der Waals surface area contributed by atoms with E-state index in [9.17, 15) is 13.6 Å². The molecule has 0 saturated heterocycles. The van der Waals surface area contributed by atoms with Gasteiger partial charge in [0.15, 0.2) is 0 Å². The van der Waals surface area contributed by atoms with Gasteiger partial charge in [-0.15, -0.1) is 15.3 Å². The zero-order valence-corrected chi connectivity index (χ0v) is 14.2. The molecule has 0 fully saturated rings. The summed E-state index contributed by atoms with van der Waals surface area (Å²) in [5, 5.41) is 15.1. The fraction of sp³-hybridized carbons (Fsp3) is 0.111. The summed E-state index contributed by atoms with van der Waals surface area (Å²) >= 11 is 0. The van der Waals surface area contributed by atoms with E-state index in [0.717, 1.165) is 11.8 Å². The summed E-state index contributed by atoms with van der Waals surface area (Å²) in [5.41, 5.74) is 3.22. The van der Waals surface area contributed by atoms with Crippen molar-refractivity contribution in [1.29, 1.82) is 0 Å². The molecule has 8 nitrogen and oxygen atoms in total. The lowest BCUT2D eigenvalue weighted by molar-refractivity contribution is 0.112. The second kappa shape index (κ2) is 7.43. The summed E-state index contributed by atoms with van der Waals surface area (Å²) < 4.78 is 31.6. The van der Waals surface area contributed by atoms with Gasteiger partial charge in [0.1, 0.15) is 12.0 Å². The number of nitrogens with zero attached hydrogens (tertiary/aromatic N) is 6. The maximum absolute atomic E-state index is 12.5. The maximum Gasteiger partial charge on any atom is 0.314 e. The Bertz CT molecular complexity index is 1090. The van der Waals surface area contributed by atoms with E-state index in [1.54, 1.807) is 47.3 Å². The number of pyridine rings is 1. The van der Waals surface area contributed by atoms with Crippen LogP contribution in [-0.4, -0.2) is 36.5 Å². The molecule has 0 spiro atoms. The number of aromatic nitrogens is 6. The lowest BCUT2D eigenvalue weighted by atomic mass is 10.1. The van der Waals surface area contributed by atoms with Gasteiger partial charge in [-0.3, -0.25) is 9.78 Å². The molecule has 0 amide bonds. The molecule has 0 atom stereocenters. The molecular weight excluding hydrogens is 370 g/mol. The third-order valence-electron chi connectivity index (χ3n) is 3.90. The van der Waals surface area contributed by atoms with Crippen LogP contribution in [0, 0.1) is 0 Å². The van der Waals surface area contributed by atoms with E-state index in [-0.39, 0.29) is 5.89 Å². The Balaban J connectivity index is 1.47. The first-order valence-corrected chi connectivity index (χ1v) is 8.15. The normalized spacial score (nSPS) is 11.1. The molecule has 140 valence electrons. The summed E-state index contributed by atoms with van der Waals surface area (Å²) in [6.07, 6.45) is 1.19. The van der Waals surface area contributed by atoms with Crippen LogP contribution in [0.2, 0.25) is 0 Å². The Morgan fingerprint density at radius 3 is 2.46 bits per heavy atom. The number of aldehydes is 1. The number of alkyl halides is 2. The van der Waals surface area contributed by atoms with Gasteiger partial charge >= 0.3 is 6.43 Å². The van der Waals surface area contributed by atoms with Crippen molar-refractivity contribution in [2.45, 2.75) is 13.0 Å². The molecule has 0 saturated carbocycles. The minimum Gasteiger partial charge on any atom is -0.415 e. The van der Waals surface area contributed by atoms with Gasteiger partial charge in [0, 0.05) is 17.3 Å². The van der Waals surface area contributed by atoms with Crippen LogP contribution >= 0.6 is 0 Å². The van der Waals surface area contributed by atoms with Crippen molar-refractivity contribution in [2.24, 2.45) is 0 Å². The van der Waals surface area contributed by atoms with E-state index in [4.69, 9.17) is 4.42 Å². The quantitative estimate of drug-likeness (QED) is 0.472. The first-order chi connectivity index (χ1) is 13.6. The minimum atomic E-state index is -2.82. The molecule has 0 bridgehead atoms. The van der Waals surface area contributed by atoms with Crippen LogP contribution in [0.25, 0.3) is 22.7 Å². The molecule has 4 rings (SSSR count). The van der Waals surface area contributed by atoms with Gasteiger partial charge in [-0.2, -0.15) is 8.78 Å². The minimum absolute atomic E-state index is 0.0174. The zero-order chi connectivity index (χ0) is 19.5. The van der Waals surface area contributed by atoms with Crippen molar-refractivity contribution >= 4 is 6.29 Å². The predicted molar refractivity (Wildman–Crippen MR) is 92.4 cm³/mol. The zero-order valence-electron chi connectivity index (χ0n) is 14.2. The van der Waals surface area contributed by atoms with E-state index in [2.05, 4.69) is 25.5 Å². The number of halogens is 2. The monoisotopic (exact) mass is 382 g/mol. The highest BCUT2D eigenvalue weighted by Gasteiger charge is 2.17. The molecular formula is C18H12F2N6O2. The van der Waals surface area contributed by atoms with Crippen LogP contribution in [-0.2, 0) is 6.54 Å². The molecule has 1 aromatic carbocycles. The lowest BCUT2D eigenvalue weighted by Crippen LogP contribution is -2.02. The number of hydrogen-bond donors (Lipinski definition) is 0. The molecule has 4 aromatic rings. The molecule has 0 aliphatic heterocycles. The van der Waals surface area contributed by atoms with Gasteiger partial charge in [0.05, 0.1) is 24.0 Å². The first-order valence-electron chi connectivity index (χ1n) is 8.15. The molecule has 0 unspecified atom stereocenters. The molecule has 0 aliphatic carbocycles. The van der Waals surface area contributed by atoms with Gasteiger partial charge in [0.25, 0.3) is 5.89 Å². The Kier molecular flexibility index (Phi) is 4.67. The summed E-state index contributed by atoms with van der Waals surface area (Å²) in [6.45, 7) is 0.367. The second-order valence-electron chi connectivity index (χ2n) is 5.83. The Labute approximate surface area is 156 Å². The average Bonchev–Trinajstić information content (AvgIpc) is 3.39. The molecule has 0 radical (unpaired) electrons. The molecule has 28 heavy (non-hydrogen) atoms. The van der Waals surface area contributed by atoms with Gasteiger partial charge < -0.3 is 4.42 Å². The summed E-state index contributed by atoms with van der Waals surface area (Å²) in [5.74, 6) is -0.744. The largest absolute Gasteiger partial charge is 0.415 e.